The lowest BCUT2D eigenvalue weighted by Gasteiger charge is -2.34. The molecule has 2 aliphatic carbocycles. The van der Waals surface area contributed by atoms with Crippen LogP contribution in [0.15, 0.2) is 24.0 Å². The van der Waals surface area contributed by atoms with Crippen LogP contribution in [0, 0.1) is 22.7 Å². The highest BCUT2D eigenvalue weighted by molar-refractivity contribution is 5.31. The summed E-state index contributed by atoms with van der Waals surface area (Å²) in [6, 6.07) is 0. The summed E-state index contributed by atoms with van der Waals surface area (Å²) in [6.45, 7) is 16.5. The van der Waals surface area contributed by atoms with E-state index in [0.29, 0.717) is 23.9 Å². The van der Waals surface area contributed by atoms with Crippen LogP contribution in [0.25, 0.3) is 0 Å². The van der Waals surface area contributed by atoms with E-state index in [2.05, 4.69) is 41.2 Å². The molecule has 0 heterocycles. The van der Waals surface area contributed by atoms with Crippen molar-refractivity contribution in [3.8, 4) is 0 Å². The molecule has 0 aliphatic heterocycles. The SMILES string of the molecule is C=CCOC1=C2C(CCC1)C(C)(C)C(C)C2(C)C. The quantitative estimate of drug-likeness (QED) is 0.642. The number of hydrogen-bond acceptors (Lipinski definition) is 1. The van der Waals surface area contributed by atoms with Crippen molar-refractivity contribution in [2.75, 3.05) is 6.61 Å². The van der Waals surface area contributed by atoms with Crippen LogP contribution >= 0.6 is 0 Å². The van der Waals surface area contributed by atoms with E-state index >= 15 is 0 Å². The number of rotatable bonds is 3. The molecule has 0 amide bonds. The molecular weight excluding hydrogens is 220 g/mol. The Hall–Kier alpha value is -0.720. The molecule has 0 aromatic heterocycles. The van der Waals surface area contributed by atoms with Gasteiger partial charge in [-0.15, -0.1) is 0 Å². The lowest BCUT2D eigenvalue weighted by atomic mass is 9.71. The second-order valence-corrected chi connectivity index (χ2v) is 7.15. The van der Waals surface area contributed by atoms with E-state index in [0.717, 1.165) is 6.42 Å². The van der Waals surface area contributed by atoms with Gasteiger partial charge >= 0.3 is 0 Å². The Kier molecular flexibility index (Phi) is 3.38. The maximum absolute atomic E-state index is 5.98. The van der Waals surface area contributed by atoms with E-state index in [9.17, 15) is 0 Å². The van der Waals surface area contributed by atoms with Gasteiger partial charge in [-0.2, -0.15) is 0 Å². The van der Waals surface area contributed by atoms with Gasteiger partial charge in [0.25, 0.3) is 0 Å². The summed E-state index contributed by atoms with van der Waals surface area (Å²) in [6.07, 6.45) is 5.57. The highest BCUT2D eigenvalue weighted by Gasteiger charge is 2.56. The molecule has 2 aliphatic rings. The minimum absolute atomic E-state index is 0.269. The third kappa shape index (κ3) is 1.83. The number of allylic oxidation sites excluding steroid dienone is 2. The Morgan fingerprint density at radius 3 is 2.61 bits per heavy atom. The number of ether oxygens (including phenoxy) is 1. The average Bonchev–Trinajstić information content (AvgIpc) is 2.47. The fourth-order valence-corrected chi connectivity index (χ4v) is 4.27. The maximum Gasteiger partial charge on any atom is 0.106 e. The Morgan fingerprint density at radius 1 is 1.33 bits per heavy atom. The Balaban J connectivity index is 2.45. The van der Waals surface area contributed by atoms with Crippen molar-refractivity contribution in [3.63, 3.8) is 0 Å². The fourth-order valence-electron chi connectivity index (χ4n) is 4.27. The van der Waals surface area contributed by atoms with E-state index < -0.39 is 0 Å². The molecule has 0 radical (unpaired) electrons. The molecule has 0 bridgehead atoms. The van der Waals surface area contributed by atoms with Crippen LogP contribution in [0.2, 0.25) is 0 Å². The molecule has 0 aromatic carbocycles. The zero-order chi connectivity index (χ0) is 13.6. The monoisotopic (exact) mass is 248 g/mol. The molecule has 1 nitrogen and oxygen atoms in total. The van der Waals surface area contributed by atoms with Crippen LogP contribution in [0.4, 0.5) is 0 Å². The van der Waals surface area contributed by atoms with E-state index in [4.69, 9.17) is 4.74 Å². The van der Waals surface area contributed by atoms with Crippen LogP contribution in [-0.2, 0) is 4.74 Å². The predicted octanol–water partition coefficient (Wildman–Crippen LogP) is 4.95. The third-order valence-electron chi connectivity index (χ3n) is 5.71. The van der Waals surface area contributed by atoms with Gasteiger partial charge in [0.05, 0.1) is 5.76 Å². The second kappa shape index (κ2) is 4.43. The molecule has 18 heavy (non-hydrogen) atoms. The lowest BCUT2D eigenvalue weighted by molar-refractivity contribution is 0.148. The standard InChI is InChI=1S/C17H28O/c1-7-11-18-14-10-8-9-13-15(14)17(5,6)12(2)16(13,3)4/h7,12-13H,1,8-11H2,2-6H3. The van der Waals surface area contributed by atoms with Gasteiger partial charge < -0.3 is 4.74 Å². The van der Waals surface area contributed by atoms with Crippen LogP contribution in [0.3, 0.4) is 0 Å². The highest BCUT2D eigenvalue weighted by Crippen LogP contribution is 2.63. The minimum Gasteiger partial charge on any atom is -0.494 e. The fraction of sp³-hybridized carbons (Fsp3) is 0.765. The van der Waals surface area contributed by atoms with Crippen molar-refractivity contribution in [1.82, 2.24) is 0 Å². The summed E-state index contributed by atoms with van der Waals surface area (Å²) < 4.78 is 5.98. The molecular formula is C17H28O. The zero-order valence-electron chi connectivity index (χ0n) is 12.7. The summed E-state index contributed by atoms with van der Waals surface area (Å²) in [7, 11) is 0. The van der Waals surface area contributed by atoms with Crippen LogP contribution < -0.4 is 0 Å². The molecule has 102 valence electrons. The molecule has 1 fully saturated rings. The first-order valence-electron chi connectivity index (χ1n) is 7.30. The molecule has 1 saturated carbocycles. The topological polar surface area (TPSA) is 9.23 Å². The van der Waals surface area contributed by atoms with Gasteiger partial charge in [0.2, 0.25) is 0 Å². The van der Waals surface area contributed by atoms with E-state index in [1.165, 1.54) is 18.6 Å². The summed E-state index contributed by atoms with van der Waals surface area (Å²) in [5, 5.41) is 0. The summed E-state index contributed by atoms with van der Waals surface area (Å²) in [5.74, 6) is 2.68. The molecule has 2 unspecified atom stereocenters. The molecule has 0 spiro atoms. The number of fused-ring (bicyclic) bond motifs is 1. The predicted molar refractivity (Wildman–Crippen MR) is 77.2 cm³/mol. The number of hydrogen-bond donors (Lipinski definition) is 0. The van der Waals surface area contributed by atoms with Gasteiger partial charge in [-0.05, 0) is 41.1 Å². The van der Waals surface area contributed by atoms with Crippen molar-refractivity contribution < 1.29 is 4.74 Å². The van der Waals surface area contributed by atoms with Gasteiger partial charge in [-0.1, -0.05) is 47.3 Å². The van der Waals surface area contributed by atoms with E-state index in [1.54, 1.807) is 5.57 Å². The van der Waals surface area contributed by atoms with Crippen LogP contribution in [-0.4, -0.2) is 6.61 Å². The van der Waals surface area contributed by atoms with Crippen LogP contribution in [0.5, 0.6) is 0 Å². The molecule has 2 atom stereocenters. The average molecular weight is 248 g/mol. The third-order valence-corrected chi connectivity index (χ3v) is 5.71. The molecule has 0 saturated heterocycles. The van der Waals surface area contributed by atoms with E-state index in [1.807, 2.05) is 6.08 Å². The summed E-state index contributed by atoms with van der Waals surface area (Å²) in [5.41, 5.74) is 2.26. The Bertz CT molecular complexity index is 373. The second-order valence-electron chi connectivity index (χ2n) is 7.15. The van der Waals surface area contributed by atoms with Crippen molar-refractivity contribution in [3.05, 3.63) is 24.0 Å². The Morgan fingerprint density at radius 2 is 2.00 bits per heavy atom. The first-order valence-corrected chi connectivity index (χ1v) is 7.30. The van der Waals surface area contributed by atoms with Gasteiger partial charge in [0, 0.05) is 6.42 Å². The molecule has 2 rings (SSSR count). The van der Waals surface area contributed by atoms with Gasteiger partial charge in [-0.3, -0.25) is 0 Å². The summed E-state index contributed by atoms with van der Waals surface area (Å²) in [4.78, 5) is 0. The normalized spacial score (nSPS) is 33.2. The first-order chi connectivity index (χ1) is 8.33. The smallest absolute Gasteiger partial charge is 0.106 e. The lowest BCUT2D eigenvalue weighted by Crippen LogP contribution is -2.27. The first kappa shape index (κ1) is 13.7. The zero-order valence-corrected chi connectivity index (χ0v) is 12.7. The maximum atomic E-state index is 5.98. The van der Waals surface area contributed by atoms with Crippen molar-refractivity contribution in [2.45, 2.75) is 53.9 Å². The van der Waals surface area contributed by atoms with Gasteiger partial charge in [0.1, 0.15) is 6.61 Å². The molecule has 0 N–H and O–H groups in total. The van der Waals surface area contributed by atoms with Crippen molar-refractivity contribution in [1.29, 1.82) is 0 Å². The van der Waals surface area contributed by atoms with E-state index in [-0.39, 0.29) is 5.41 Å². The molecule has 0 aromatic rings. The summed E-state index contributed by atoms with van der Waals surface area (Å²) >= 11 is 0. The minimum atomic E-state index is 0.269. The molecule has 1 heteroatoms. The van der Waals surface area contributed by atoms with Gasteiger partial charge in [-0.25, -0.2) is 0 Å². The highest BCUT2D eigenvalue weighted by atomic mass is 16.5. The van der Waals surface area contributed by atoms with Gasteiger partial charge in [0.15, 0.2) is 0 Å². The van der Waals surface area contributed by atoms with Crippen molar-refractivity contribution in [2.24, 2.45) is 22.7 Å². The van der Waals surface area contributed by atoms with Crippen molar-refractivity contribution >= 4 is 0 Å². The van der Waals surface area contributed by atoms with Crippen LogP contribution in [0.1, 0.15) is 53.9 Å². The Labute approximate surface area is 112 Å². The largest absolute Gasteiger partial charge is 0.494 e.